The predicted molar refractivity (Wildman–Crippen MR) is 99.6 cm³/mol. The Labute approximate surface area is 157 Å². The van der Waals surface area contributed by atoms with E-state index in [-0.39, 0.29) is 0 Å². The third-order valence-corrected chi connectivity index (χ3v) is 5.15. The van der Waals surface area contributed by atoms with Crippen molar-refractivity contribution in [2.75, 3.05) is 19.8 Å². The molecule has 27 heavy (non-hydrogen) atoms. The number of hydrogen-bond acceptors (Lipinski definition) is 6. The lowest BCUT2D eigenvalue weighted by Gasteiger charge is -2.25. The molecule has 0 saturated carbocycles. The second-order valence-corrected chi connectivity index (χ2v) is 6.91. The van der Waals surface area contributed by atoms with Crippen LogP contribution in [0, 0.1) is 0 Å². The molecule has 0 bridgehead atoms. The Bertz CT molecular complexity index is 925. The van der Waals surface area contributed by atoms with E-state index in [1.807, 2.05) is 36.4 Å². The Kier molecular flexibility index (Phi) is 4.26. The third kappa shape index (κ3) is 3.28. The van der Waals surface area contributed by atoms with Crippen molar-refractivity contribution in [3.05, 3.63) is 60.0 Å². The van der Waals surface area contributed by atoms with Crippen LogP contribution in [-0.4, -0.2) is 34.8 Å². The normalized spacial score (nSPS) is 19.3. The Morgan fingerprint density at radius 3 is 2.74 bits per heavy atom. The number of aromatic nitrogens is 2. The van der Waals surface area contributed by atoms with E-state index in [9.17, 15) is 0 Å². The van der Waals surface area contributed by atoms with E-state index in [4.69, 9.17) is 14.0 Å². The summed E-state index contributed by atoms with van der Waals surface area (Å²) in [6, 6.07) is 16.5. The molecular weight excluding hydrogens is 342 g/mol. The topological polar surface area (TPSA) is 60.6 Å². The fourth-order valence-electron chi connectivity index (χ4n) is 3.86. The zero-order valence-corrected chi connectivity index (χ0v) is 15.0. The standard InChI is InChI=1S/C21H21N3O3/c1-2-5-15(6-3-1)21-22-20(27-23-21)14-24-10-4-7-17(24)16-8-9-18-19(13-16)26-12-11-25-18/h1-3,5-6,8-9,13,17H,4,7,10-12,14H2/t17-/m0/s1. The van der Waals surface area contributed by atoms with Gasteiger partial charge in [-0.2, -0.15) is 4.98 Å². The van der Waals surface area contributed by atoms with Crippen molar-refractivity contribution >= 4 is 0 Å². The van der Waals surface area contributed by atoms with Crippen molar-refractivity contribution in [3.63, 3.8) is 0 Å². The van der Waals surface area contributed by atoms with Gasteiger partial charge in [-0.15, -0.1) is 0 Å². The minimum absolute atomic E-state index is 0.327. The maximum atomic E-state index is 5.75. The zero-order valence-electron chi connectivity index (χ0n) is 15.0. The molecule has 0 spiro atoms. The molecule has 0 unspecified atom stereocenters. The van der Waals surface area contributed by atoms with E-state index in [0.29, 0.717) is 37.5 Å². The van der Waals surface area contributed by atoms with Crippen molar-refractivity contribution in [2.24, 2.45) is 0 Å². The summed E-state index contributed by atoms with van der Waals surface area (Å²) < 4.78 is 16.9. The monoisotopic (exact) mass is 363 g/mol. The summed E-state index contributed by atoms with van der Waals surface area (Å²) in [6.45, 7) is 2.89. The second-order valence-electron chi connectivity index (χ2n) is 6.91. The smallest absolute Gasteiger partial charge is 0.241 e. The van der Waals surface area contributed by atoms with Gasteiger partial charge in [0.15, 0.2) is 11.5 Å². The maximum absolute atomic E-state index is 5.75. The third-order valence-electron chi connectivity index (χ3n) is 5.15. The lowest BCUT2D eigenvalue weighted by molar-refractivity contribution is 0.170. The largest absolute Gasteiger partial charge is 0.486 e. The van der Waals surface area contributed by atoms with Gasteiger partial charge in [0.05, 0.1) is 6.54 Å². The van der Waals surface area contributed by atoms with Gasteiger partial charge in [0, 0.05) is 11.6 Å². The molecule has 1 fully saturated rings. The zero-order chi connectivity index (χ0) is 18.1. The highest BCUT2D eigenvalue weighted by molar-refractivity contribution is 5.53. The van der Waals surface area contributed by atoms with Crippen LogP contribution in [0.25, 0.3) is 11.4 Å². The molecule has 138 valence electrons. The number of ether oxygens (including phenoxy) is 2. The van der Waals surface area contributed by atoms with Crippen LogP contribution in [0.2, 0.25) is 0 Å². The van der Waals surface area contributed by atoms with E-state index in [1.165, 1.54) is 5.56 Å². The highest BCUT2D eigenvalue weighted by atomic mass is 16.6. The lowest BCUT2D eigenvalue weighted by Crippen LogP contribution is -2.23. The second kappa shape index (κ2) is 7.04. The molecule has 0 aliphatic carbocycles. The Morgan fingerprint density at radius 1 is 1.00 bits per heavy atom. The van der Waals surface area contributed by atoms with Crippen LogP contribution in [-0.2, 0) is 6.54 Å². The molecule has 0 radical (unpaired) electrons. The average Bonchev–Trinajstić information content (AvgIpc) is 3.38. The van der Waals surface area contributed by atoms with Crippen molar-refractivity contribution in [3.8, 4) is 22.9 Å². The molecule has 2 aliphatic rings. The summed E-state index contributed by atoms with van der Waals surface area (Å²) in [5.41, 5.74) is 2.22. The number of hydrogen-bond donors (Lipinski definition) is 0. The van der Waals surface area contributed by atoms with Crippen LogP contribution >= 0.6 is 0 Å². The Balaban J connectivity index is 1.34. The Hall–Kier alpha value is -2.86. The van der Waals surface area contributed by atoms with Gasteiger partial charge in [0.2, 0.25) is 11.7 Å². The van der Waals surface area contributed by atoms with Crippen molar-refractivity contribution < 1.29 is 14.0 Å². The number of rotatable bonds is 4. The van der Waals surface area contributed by atoms with Gasteiger partial charge in [0.25, 0.3) is 0 Å². The number of benzene rings is 2. The van der Waals surface area contributed by atoms with Gasteiger partial charge in [-0.3, -0.25) is 4.90 Å². The van der Waals surface area contributed by atoms with Gasteiger partial charge in [-0.25, -0.2) is 0 Å². The summed E-state index contributed by atoms with van der Waals surface area (Å²) in [5, 5.41) is 4.13. The van der Waals surface area contributed by atoms with E-state index in [1.54, 1.807) is 0 Å². The van der Waals surface area contributed by atoms with Crippen LogP contribution in [0.3, 0.4) is 0 Å². The number of likely N-dealkylation sites (tertiary alicyclic amines) is 1. The molecule has 1 aromatic heterocycles. The van der Waals surface area contributed by atoms with Crippen molar-refractivity contribution in [2.45, 2.75) is 25.4 Å². The molecule has 6 heteroatoms. The van der Waals surface area contributed by atoms with Crippen LogP contribution < -0.4 is 9.47 Å². The van der Waals surface area contributed by atoms with Crippen LogP contribution in [0.4, 0.5) is 0 Å². The fraction of sp³-hybridized carbons (Fsp3) is 0.333. The van der Waals surface area contributed by atoms with E-state index >= 15 is 0 Å². The summed E-state index contributed by atoms with van der Waals surface area (Å²) in [5.74, 6) is 2.97. The summed E-state index contributed by atoms with van der Waals surface area (Å²) >= 11 is 0. The molecular formula is C21H21N3O3. The van der Waals surface area contributed by atoms with Gasteiger partial charge < -0.3 is 14.0 Å². The SMILES string of the molecule is c1ccc(-c2noc(CN3CCC[C@H]3c3ccc4c(c3)OCCO4)n2)cc1. The number of fused-ring (bicyclic) bond motifs is 1. The van der Waals surface area contributed by atoms with Crippen molar-refractivity contribution in [1.82, 2.24) is 15.0 Å². The molecule has 2 aliphatic heterocycles. The van der Waals surface area contributed by atoms with Crippen LogP contribution in [0.15, 0.2) is 53.1 Å². The molecule has 1 saturated heterocycles. The quantitative estimate of drug-likeness (QED) is 0.702. The van der Waals surface area contributed by atoms with Gasteiger partial charge in [-0.1, -0.05) is 41.6 Å². The summed E-state index contributed by atoms with van der Waals surface area (Å²) in [6.07, 6.45) is 2.26. The summed E-state index contributed by atoms with van der Waals surface area (Å²) in [4.78, 5) is 6.97. The minimum atomic E-state index is 0.327. The molecule has 5 rings (SSSR count). The highest BCUT2D eigenvalue weighted by Crippen LogP contribution is 2.38. The first-order chi connectivity index (χ1) is 13.4. The first-order valence-corrected chi connectivity index (χ1v) is 9.38. The first-order valence-electron chi connectivity index (χ1n) is 9.38. The van der Waals surface area contributed by atoms with E-state index in [0.717, 1.165) is 36.4 Å². The van der Waals surface area contributed by atoms with E-state index in [2.05, 4.69) is 27.2 Å². The van der Waals surface area contributed by atoms with Gasteiger partial charge in [0.1, 0.15) is 13.2 Å². The molecule has 3 aromatic rings. The maximum Gasteiger partial charge on any atom is 0.241 e. The molecule has 1 atom stereocenters. The Morgan fingerprint density at radius 2 is 1.85 bits per heavy atom. The molecule has 0 N–H and O–H groups in total. The van der Waals surface area contributed by atoms with Gasteiger partial charge in [-0.05, 0) is 37.1 Å². The van der Waals surface area contributed by atoms with Gasteiger partial charge >= 0.3 is 0 Å². The first kappa shape index (κ1) is 16.3. The molecule has 3 heterocycles. The minimum Gasteiger partial charge on any atom is -0.486 e. The van der Waals surface area contributed by atoms with Crippen LogP contribution in [0.5, 0.6) is 11.5 Å². The number of nitrogens with zero attached hydrogens (tertiary/aromatic N) is 3. The average molecular weight is 363 g/mol. The molecule has 2 aromatic carbocycles. The van der Waals surface area contributed by atoms with Crippen LogP contribution in [0.1, 0.15) is 30.3 Å². The highest BCUT2D eigenvalue weighted by Gasteiger charge is 2.28. The molecule has 6 nitrogen and oxygen atoms in total. The summed E-state index contributed by atoms with van der Waals surface area (Å²) in [7, 11) is 0. The van der Waals surface area contributed by atoms with E-state index < -0.39 is 0 Å². The lowest BCUT2D eigenvalue weighted by atomic mass is 10.0. The molecule has 0 amide bonds. The fourth-order valence-corrected chi connectivity index (χ4v) is 3.86. The van der Waals surface area contributed by atoms with Crippen molar-refractivity contribution in [1.29, 1.82) is 0 Å². The predicted octanol–water partition coefficient (Wildman–Crippen LogP) is 3.84.